The van der Waals surface area contributed by atoms with Gasteiger partial charge in [-0.25, -0.2) is 0 Å². The van der Waals surface area contributed by atoms with Gasteiger partial charge in [0.25, 0.3) is 0 Å². The molecule has 1 aromatic carbocycles. The Morgan fingerprint density at radius 1 is 1.26 bits per heavy atom. The van der Waals surface area contributed by atoms with E-state index < -0.39 is 0 Å². The van der Waals surface area contributed by atoms with E-state index in [1.807, 2.05) is 19.1 Å². The van der Waals surface area contributed by atoms with E-state index in [4.69, 9.17) is 5.73 Å². The van der Waals surface area contributed by atoms with Gasteiger partial charge >= 0.3 is 0 Å². The van der Waals surface area contributed by atoms with Crippen molar-refractivity contribution in [2.75, 3.05) is 11.4 Å². The molecule has 3 N–H and O–H groups in total. The molecule has 0 aromatic heterocycles. The van der Waals surface area contributed by atoms with Crippen LogP contribution >= 0.6 is 0 Å². The van der Waals surface area contributed by atoms with Crippen LogP contribution in [0.2, 0.25) is 0 Å². The standard InChI is InChI=1S/C16H24N2O/c1-11(17)14-7-6-13(10-16(14)19)18-9-8-12-4-2-3-5-15(12)18/h6-7,10-12,15,19H,2-5,8-9,17H2,1H3. The molecule has 1 saturated carbocycles. The van der Waals surface area contributed by atoms with Gasteiger partial charge in [-0.15, -0.1) is 0 Å². The summed E-state index contributed by atoms with van der Waals surface area (Å²) in [5.41, 5.74) is 7.85. The van der Waals surface area contributed by atoms with Gasteiger partial charge in [-0.1, -0.05) is 18.9 Å². The summed E-state index contributed by atoms with van der Waals surface area (Å²) in [6.07, 6.45) is 6.73. The number of hydrogen-bond acceptors (Lipinski definition) is 3. The van der Waals surface area contributed by atoms with Crippen molar-refractivity contribution in [3.8, 4) is 5.75 Å². The van der Waals surface area contributed by atoms with Gasteiger partial charge in [-0.05, 0) is 38.2 Å². The molecule has 2 fully saturated rings. The summed E-state index contributed by atoms with van der Waals surface area (Å²) < 4.78 is 0. The van der Waals surface area contributed by atoms with Crippen LogP contribution < -0.4 is 10.6 Å². The number of anilines is 1. The maximum Gasteiger partial charge on any atom is 0.122 e. The predicted octanol–water partition coefficient (Wildman–Crippen LogP) is 3.18. The predicted molar refractivity (Wildman–Crippen MR) is 78.4 cm³/mol. The third kappa shape index (κ3) is 2.32. The zero-order chi connectivity index (χ0) is 13.4. The Morgan fingerprint density at radius 3 is 2.79 bits per heavy atom. The summed E-state index contributed by atoms with van der Waals surface area (Å²) in [4.78, 5) is 2.49. The zero-order valence-corrected chi connectivity index (χ0v) is 11.7. The molecule has 0 bridgehead atoms. The minimum absolute atomic E-state index is 0.116. The molecule has 1 aromatic rings. The lowest BCUT2D eigenvalue weighted by atomic mass is 9.85. The molecule has 19 heavy (non-hydrogen) atoms. The Bertz CT molecular complexity index is 458. The lowest BCUT2D eigenvalue weighted by Gasteiger charge is -2.33. The molecule has 3 heteroatoms. The summed E-state index contributed by atoms with van der Waals surface area (Å²) in [6, 6.07) is 6.57. The molecule has 1 saturated heterocycles. The SMILES string of the molecule is CC(N)c1ccc(N2CCC3CCCCC32)cc1O. The quantitative estimate of drug-likeness (QED) is 0.858. The summed E-state index contributed by atoms with van der Waals surface area (Å²) in [6.45, 7) is 3.04. The normalized spacial score (nSPS) is 28.2. The van der Waals surface area contributed by atoms with E-state index in [1.54, 1.807) is 0 Å². The molecule has 3 unspecified atom stereocenters. The first-order chi connectivity index (χ1) is 9.16. The van der Waals surface area contributed by atoms with E-state index in [0.29, 0.717) is 11.8 Å². The van der Waals surface area contributed by atoms with Gasteiger partial charge in [0.1, 0.15) is 5.75 Å². The molecular weight excluding hydrogens is 236 g/mol. The van der Waals surface area contributed by atoms with Gasteiger partial charge in [0.2, 0.25) is 0 Å². The Labute approximate surface area is 115 Å². The molecule has 104 valence electrons. The summed E-state index contributed by atoms with van der Waals surface area (Å²) >= 11 is 0. The Morgan fingerprint density at radius 2 is 2.05 bits per heavy atom. The molecule has 3 nitrogen and oxygen atoms in total. The molecule has 3 rings (SSSR count). The lowest BCUT2D eigenvalue weighted by molar-refractivity contribution is 0.342. The molecule has 0 amide bonds. The summed E-state index contributed by atoms with van der Waals surface area (Å²) in [5.74, 6) is 1.20. The molecular formula is C16H24N2O. The van der Waals surface area contributed by atoms with E-state index in [2.05, 4.69) is 11.0 Å². The highest BCUT2D eigenvalue weighted by Gasteiger charge is 2.35. The fraction of sp³-hybridized carbons (Fsp3) is 0.625. The van der Waals surface area contributed by atoms with Crippen molar-refractivity contribution < 1.29 is 5.11 Å². The van der Waals surface area contributed by atoms with Crippen molar-refractivity contribution in [1.29, 1.82) is 0 Å². The number of benzene rings is 1. The number of phenols is 1. The van der Waals surface area contributed by atoms with E-state index in [0.717, 1.165) is 23.7 Å². The summed E-state index contributed by atoms with van der Waals surface area (Å²) in [7, 11) is 0. The van der Waals surface area contributed by atoms with Crippen molar-refractivity contribution in [3.05, 3.63) is 23.8 Å². The van der Waals surface area contributed by atoms with Crippen LogP contribution in [0.15, 0.2) is 18.2 Å². The number of hydrogen-bond donors (Lipinski definition) is 2. The van der Waals surface area contributed by atoms with Crippen LogP contribution in [0.5, 0.6) is 5.75 Å². The number of fused-ring (bicyclic) bond motifs is 1. The first kappa shape index (κ1) is 12.8. The van der Waals surface area contributed by atoms with Crippen LogP contribution in [0, 0.1) is 5.92 Å². The van der Waals surface area contributed by atoms with E-state index >= 15 is 0 Å². The van der Waals surface area contributed by atoms with Crippen molar-refractivity contribution in [2.45, 2.75) is 51.1 Å². The van der Waals surface area contributed by atoms with Gasteiger partial charge in [-0.3, -0.25) is 0 Å². The number of nitrogens with two attached hydrogens (primary N) is 1. The van der Waals surface area contributed by atoms with E-state index in [9.17, 15) is 5.11 Å². The number of rotatable bonds is 2. The average molecular weight is 260 g/mol. The lowest BCUT2D eigenvalue weighted by Crippen LogP contribution is -2.34. The highest BCUT2D eigenvalue weighted by Crippen LogP contribution is 2.40. The second kappa shape index (κ2) is 5.04. The maximum atomic E-state index is 10.1. The van der Waals surface area contributed by atoms with Crippen LogP contribution in [0.25, 0.3) is 0 Å². The molecule has 1 aliphatic heterocycles. The molecule has 1 heterocycles. The van der Waals surface area contributed by atoms with Gasteiger partial charge in [0.15, 0.2) is 0 Å². The fourth-order valence-electron chi connectivity index (χ4n) is 3.82. The zero-order valence-electron chi connectivity index (χ0n) is 11.7. The van der Waals surface area contributed by atoms with E-state index in [-0.39, 0.29) is 6.04 Å². The van der Waals surface area contributed by atoms with Crippen LogP contribution in [0.3, 0.4) is 0 Å². The molecule has 0 spiro atoms. The fourth-order valence-corrected chi connectivity index (χ4v) is 3.82. The van der Waals surface area contributed by atoms with Crippen molar-refractivity contribution in [2.24, 2.45) is 11.7 Å². The highest BCUT2D eigenvalue weighted by molar-refractivity contribution is 5.55. The number of nitrogens with zero attached hydrogens (tertiary/aromatic N) is 1. The third-order valence-electron chi connectivity index (χ3n) is 4.85. The van der Waals surface area contributed by atoms with Gasteiger partial charge < -0.3 is 15.7 Å². The minimum atomic E-state index is -0.116. The second-order valence-electron chi connectivity index (χ2n) is 6.13. The van der Waals surface area contributed by atoms with Gasteiger partial charge in [-0.2, -0.15) is 0 Å². The molecule has 2 aliphatic rings. The topological polar surface area (TPSA) is 49.5 Å². The molecule has 1 aliphatic carbocycles. The van der Waals surface area contributed by atoms with Crippen LogP contribution in [0.4, 0.5) is 5.69 Å². The van der Waals surface area contributed by atoms with Crippen LogP contribution in [-0.4, -0.2) is 17.7 Å². The average Bonchev–Trinajstić information content (AvgIpc) is 2.82. The Hall–Kier alpha value is -1.22. The maximum absolute atomic E-state index is 10.1. The van der Waals surface area contributed by atoms with Crippen molar-refractivity contribution in [1.82, 2.24) is 0 Å². The highest BCUT2D eigenvalue weighted by atomic mass is 16.3. The number of aromatic hydroxyl groups is 1. The third-order valence-corrected chi connectivity index (χ3v) is 4.85. The molecule has 3 atom stereocenters. The smallest absolute Gasteiger partial charge is 0.122 e. The van der Waals surface area contributed by atoms with Crippen LogP contribution in [-0.2, 0) is 0 Å². The number of phenolic OH excluding ortho intramolecular Hbond substituents is 1. The van der Waals surface area contributed by atoms with Crippen molar-refractivity contribution in [3.63, 3.8) is 0 Å². The van der Waals surface area contributed by atoms with Crippen LogP contribution in [0.1, 0.15) is 50.6 Å². The Kier molecular flexibility index (Phi) is 3.40. The van der Waals surface area contributed by atoms with Gasteiger partial charge in [0.05, 0.1) is 0 Å². The first-order valence-electron chi connectivity index (χ1n) is 7.52. The first-order valence-corrected chi connectivity index (χ1v) is 7.52. The molecule has 0 radical (unpaired) electrons. The van der Waals surface area contributed by atoms with Gasteiger partial charge in [0, 0.05) is 35.9 Å². The van der Waals surface area contributed by atoms with Crippen molar-refractivity contribution >= 4 is 5.69 Å². The summed E-state index contributed by atoms with van der Waals surface area (Å²) in [5, 5.41) is 10.1. The minimum Gasteiger partial charge on any atom is -0.508 e. The second-order valence-corrected chi connectivity index (χ2v) is 6.13. The largest absolute Gasteiger partial charge is 0.508 e. The van der Waals surface area contributed by atoms with E-state index in [1.165, 1.54) is 32.1 Å². The monoisotopic (exact) mass is 260 g/mol. The Balaban J connectivity index is 1.84.